The van der Waals surface area contributed by atoms with Crippen LogP contribution in [0.4, 0.5) is 0 Å². The SMILES string of the molecule is CC(NCc1ccc2ccccc2c1)C(Cc1cccc(/C=C/c2ccccc2)c1)c1ccc(Cl)cc1. The fraction of sp³-hybridized carbons (Fsp3) is 0.143. The van der Waals surface area contributed by atoms with Crippen molar-refractivity contribution in [1.29, 1.82) is 0 Å². The Morgan fingerprint density at radius 2 is 1.35 bits per heavy atom. The minimum Gasteiger partial charge on any atom is -0.310 e. The molecule has 2 heteroatoms. The number of fused-ring (bicyclic) bond motifs is 1. The standard InChI is InChI=1S/C35H32ClN/c1-26(37-25-30-16-17-31-12-5-6-13-33(31)23-30)35(32-18-20-34(36)21-19-32)24-29-11-7-10-28(22-29)15-14-27-8-3-2-4-9-27/h2-23,26,35,37H,24-25H2,1H3/b15-14+. The molecule has 0 radical (unpaired) electrons. The molecule has 0 spiro atoms. The molecule has 0 fully saturated rings. The summed E-state index contributed by atoms with van der Waals surface area (Å²) in [7, 11) is 0. The summed E-state index contributed by atoms with van der Waals surface area (Å²) in [5.41, 5.74) is 6.35. The first kappa shape index (κ1) is 25.0. The predicted octanol–water partition coefficient (Wildman–Crippen LogP) is 9.17. The smallest absolute Gasteiger partial charge is 0.0406 e. The summed E-state index contributed by atoms with van der Waals surface area (Å²) in [5, 5.41) is 7.14. The maximum Gasteiger partial charge on any atom is 0.0406 e. The number of rotatable bonds is 9. The van der Waals surface area contributed by atoms with Crippen molar-refractivity contribution in [3.05, 3.63) is 154 Å². The highest BCUT2D eigenvalue weighted by molar-refractivity contribution is 6.30. The summed E-state index contributed by atoms with van der Waals surface area (Å²) in [5.74, 6) is 0.311. The molecule has 0 aliphatic carbocycles. The van der Waals surface area contributed by atoms with E-state index in [-0.39, 0.29) is 6.04 Å². The van der Waals surface area contributed by atoms with Crippen LogP contribution < -0.4 is 5.32 Å². The van der Waals surface area contributed by atoms with E-state index in [1.165, 1.54) is 38.6 Å². The molecule has 0 heterocycles. The molecule has 0 amide bonds. The molecule has 0 saturated carbocycles. The Kier molecular flexibility index (Phi) is 8.15. The highest BCUT2D eigenvalue weighted by atomic mass is 35.5. The minimum atomic E-state index is 0.274. The van der Waals surface area contributed by atoms with Gasteiger partial charge in [0.1, 0.15) is 0 Å². The van der Waals surface area contributed by atoms with E-state index in [1.54, 1.807) is 0 Å². The Morgan fingerprint density at radius 3 is 2.16 bits per heavy atom. The van der Waals surface area contributed by atoms with Gasteiger partial charge in [-0.1, -0.05) is 127 Å². The second-order valence-electron chi connectivity index (χ2n) is 9.70. The lowest BCUT2D eigenvalue weighted by atomic mass is 9.86. The highest BCUT2D eigenvalue weighted by Crippen LogP contribution is 2.27. The lowest BCUT2D eigenvalue weighted by molar-refractivity contribution is 0.455. The van der Waals surface area contributed by atoms with Gasteiger partial charge in [-0.25, -0.2) is 0 Å². The topological polar surface area (TPSA) is 12.0 Å². The Hall–Kier alpha value is -3.65. The lowest BCUT2D eigenvalue weighted by Gasteiger charge is -2.26. The molecule has 37 heavy (non-hydrogen) atoms. The van der Waals surface area contributed by atoms with Crippen molar-refractivity contribution in [3.8, 4) is 0 Å². The summed E-state index contributed by atoms with van der Waals surface area (Å²) in [4.78, 5) is 0. The lowest BCUT2D eigenvalue weighted by Crippen LogP contribution is -2.33. The molecule has 5 aromatic carbocycles. The molecular formula is C35H32ClN. The number of hydrogen-bond acceptors (Lipinski definition) is 1. The summed E-state index contributed by atoms with van der Waals surface area (Å²) in [6.45, 7) is 3.12. The van der Waals surface area contributed by atoms with Gasteiger partial charge in [0.05, 0.1) is 0 Å². The molecular weight excluding hydrogens is 470 g/mol. The van der Waals surface area contributed by atoms with Crippen LogP contribution in [0, 0.1) is 0 Å². The van der Waals surface area contributed by atoms with Gasteiger partial charge in [-0.15, -0.1) is 0 Å². The molecule has 0 saturated heterocycles. The zero-order valence-electron chi connectivity index (χ0n) is 21.1. The van der Waals surface area contributed by atoms with E-state index < -0.39 is 0 Å². The van der Waals surface area contributed by atoms with E-state index in [0.717, 1.165) is 18.0 Å². The zero-order chi connectivity index (χ0) is 25.5. The van der Waals surface area contributed by atoms with Gasteiger partial charge < -0.3 is 5.32 Å². The van der Waals surface area contributed by atoms with Gasteiger partial charge in [0.25, 0.3) is 0 Å². The number of benzene rings is 5. The fourth-order valence-corrected chi connectivity index (χ4v) is 5.02. The van der Waals surface area contributed by atoms with Crippen LogP contribution >= 0.6 is 11.6 Å². The molecule has 1 N–H and O–H groups in total. The zero-order valence-corrected chi connectivity index (χ0v) is 21.9. The second-order valence-corrected chi connectivity index (χ2v) is 10.1. The monoisotopic (exact) mass is 501 g/mol. The van der Waals surface area contributed by atoms with E-state index in [0.29, 0.717) is 5.92 Å². The van der Waals surface area contributed by atoms with Gasteiger partial charge in [-0.2, -0.15) is 0 Å². The van der Waals surface area contributed by atoms with Crippen LogP contribution in [0.15, 0.2) is 121 Å². The highest BCUT2D eigenvalue weighted by Gasteiger charge is 2.20. The van der Waals surface area contributed by atoms with E-state index in [2.05, 4.69) is 128 Å². The molecule has 5 rings (SSSR count). The van der Waals surface area contributed by atoms with Crippen LogP contribution in [-0.4, -0.2) is 6.04 Å². The maximum absolute atomic E-state index is 6.23. The molecule has 2 atom stereocenters. The number of nitrogens with one attached hydrogen (secondary N) is 1. The second kappa shape index (κ2) is 12.1. The van der Waals surface area contributed by atoms with Gasteiger partial charge in [0.15, 0.2) is 0 Å². The average Bonchev–Trinajstić information content (AvgIpc) is 2.95. The summed E-state index contributed by atoms with van der Waals surface area (Å²) >= 11 is 6.23. The van der Waals surface area contributed by atoms with E-state index >= 15 is 0 Å². The first-order valence-corrected chi connectivity index (χ1v) is 13.3. The van der Waals surface area contributed by atoms with Crippen LogP contribution in [0.1, 0.15) is 40.7 Å². The Morgan fingerprint density at radius 1 is 0.649 bits per heavy atom. The van der Waals surface area contributed by atoms with Crippen molar-refractivity contribution in [2.45, 2.75) is 31.8 Å². The van der Waals surface area contributed by atoms with E-state index in [4.69, 9.17) is 11.6 Å². The van der Waals surface area contributed by atoms with E-state index in [9.17, 15) is 0 Å². The molecule has 0 aliphatic rings. The first-order chi connectivity index (χ1) is 18.1. The molecule has 0 aromatic heterocycles. The third-order valence-corrected chi connectivity index (χ3v) is 7.27. The van der Waals surface area contributed by atoms with Crippen molar-refractivity contribution in [2.75, 3.05) is 0 Å². The number of hydrogen-bond donors (Lipinski definition) is 1. The Balaban J connectivity index is 1.34. The molecule has 5 aromatic rings. The van der Waals surface area contributed by atoms with Gasteiger partial charge in [-0.3, -0.25) is 0 Å². The third kappa shape index (κ3) is 6.77. The predicted molar refractivity (Wildman–Crippen MR) is 160 cm³/mol. The first-order valence-electron chi connectivity index (χ1n) is 12.9. The number of halogens is 1. The molecule has 1 nitrogen and oxygen atoms in total. The van der Waals surface area contributed by atoms with E-state index in [1.807, 2.05) is 18.2 Å². The van der Waals surface area contributed by atoms with Gasteiger partial charge in [-0.05, 0) is 70.1 Å². The van der Waals surface area contributed by atoms with Crippen molar-refractivity contribution >= 4 is 34.5 Å². The fourth-order valence-electron chi connectivity index (χ4n) is 4.90. The van der Waals surface area contributed by atoms with Crippen molar-refractivity contribution in [1.82, 2.24) is 5.32 Å². The largest absolute Gasteiger partial charge is 0.310 e. The van der Waals surface area contributed by atoms with Crippen molar-refractivity contribution in [3.63, 3.8) is 0 Å². The quantitative estimate of drug-likeness (QED) is 0.198. The van der Waals surface area contributed by atoms with Crippen LogP contribution in [0.3, 0.4) is 0 Å². The van der Waals surface area contributed by atoms with Gasteiger partial charge >= 0.3 is 0 Å². The Bertz CT molecular complexity index is 1470. The van der Waals surface area contributed by atoms with Gasteiger partial charge in [0.2, 0.25) is 0 Å². The van der Waals surface area contributed by atoms with Gasteiger partial charge in [0, 0.05) is 23.5 Å². The van der Waals surface area contributed by atoms with Crippen molar-refractivity contribution < 1.29 is 0 Å². The molecule has 0 bridgehead atoms. The Labute approximate surface area is 225 Å². The van der Waals surface area contributed by atoms with Crippen LogP contribution in [0.2, 0.25) is 5.02 Å². The average molecular weight is 502 g/mol. The third-order valence-electron chi connectivity index (χ3n) is 7.02. The molecule has 2 unspecified atom stereocenters. The van der Waals surface area contributed by atoms with Crippen LogP contribution in [-0.2, 0) is 13.0 Å². The normalized spacial score (nSPS) is 13.1. The molecule has 184 valence electrons. The maximum atomic E-state index is 6.23. The summed E-state index contributed by atoms with van der Waals surface area (Å²) < 4.78 is 0. The van der Waals surface area contributed by atoms with Crippen LogP contribution in [0.25, 0.3) is 22.9 Å². The summed E-state index contributed by atoms with van der Waals surface area (Å²) in [6, 6.07) is 43.2. The minimum absolute atomic E-state index is 0.274. The molecule has 0 aliphatic heterocycles. The van der Waals surface area contributed by atoms with Crippen LogP contribution in [0.5, 0.6) is 0 Å². The summed E-state index contributed by atoms with van der Waals surface area (Å²) in [6.07, 6.45) is 5.31. The van der Waals surface area contributed by atoms with Crippen molar-refractivity contribution in [2.24, 2.45) is 0 Å².